The van der Waals surface area contributed by atoms with Gasteiger partial charge in [0, 0.05) is 18.3 Å². The molecule has 0 aliphatic heterocycles. The number of allylic oxidation sites excluding steroid dienone is 1. The molecule has 3 heteroatoms. The first kappa shape index (κ1) is 15.7. The van der Waals surface area contributed by atoms with Crippen molar-refractivity contribution in [3.8, 4) is 5.88 Å². The summed E-state index contributed by atoms with van der Waals surface area (Å²) in [5.74, 6) is 1.39. The highest BCUT2D eigenvalue weighted by Crippen LogP contribution is 2.13. The van der Waals surface area contributed by atoms with E-state index in [1.54, 1.807) is 0 Å². The summed E-state index contributed by atoms with van der Waals surface area (Å²) in [6, 6.07) is 4.17. The summed E-state index contributed by atoms with van der Waals surface area (Å²) in [4.78, 5) is 4.48. The Balaban J connectivity index is 2.65. The lowest BCUT2D eigenvalue weighted by Crippen LogP contribution is -2.19. The van der Waals surface area contributed by atoms with E-state index in [0.717, 1.165) is 31.1 Å². The topological polar surface area (TPSA) is 34.1 Å². The molecular formula is C16H26N2O. The van der Waals surface area contributed by atoms with Crippen molar-refractivity contribution in [3.63, 3.8) is 0 Å². The molecular weight excluding hydrogens is 236 g/mol. The minimum absolute atomic E-state index is 0.579. The molecule has 1 rings (SSSR count). The molecule has 0 amide bonds. The molecule has 0 saturated carbocycles. The third-order valence-corrected chi connectivity index (χ3v) is 2.72. The quantitative estimate of drug-likeness (QED) is 0.730. The number of aromatic nitrogens is 1. The Morgan fingerprint density at radius 3 is 2.79 bits per heavy atom. The summed E-state index contributed by atoms with van der Waals surface area (Å²) in [7, 11) is 0. The van der Waals surface area contributed by atoms with Crippen LogP contribution in [0.3, 0.4) is 0 Å². The van der Waals surface area contributed by atoms with Gasteiger partial charge in [-0.25, -0.2) is 4.98 Å². The van der Waals surface area contributed by atoms with Crippen molar-refractivity contribution < 1.29 is 4.74 Å². The lowest BCUT2D eigenvalue weighted by atomic mass is 10.2. The first-order chi connectivity index (χ1) is 9.15. The zero-order chi connectivity index (χ0) is 14.1. The average Bonchev–Trinajstić information content (AvgIpc) is 2.38. The summed E-state index contributed by atoms with van der Waals surface area (Å²) in [6.45, 7) is 11.0. The first-order valence-electron chi connectivity index (χ1n) is 7.10. The van der Waals surface area contributed by atoms with Gasteiger partial charge < -0.3 is 10.1 Å². The summed E-state index contributed by atoms with van der Waals surface area (Å²) in [5.41, 5.74) is 2.32. The molecule has 0 unspecified atom stereocenters. The molecule has 0 aromatic carbocycles. The fraction of sp³-hybridized carbons (Fsp3) is 0.562. The molecule has 0 radical (unpaired) electrons. The molecule has 106 valence electrons. The van der Waals surface area contributed by atoms with Crippen LogP contribution in [0.1, 0.15) is 39.0 Å². The van der Waals surface area contributed by atoms with E-state index in [4.69, 9.17) is 4.74 Å². The van der Waals surface area contributed by atoms with Gasteiger partial charge in [0.1, 0.15) is 6.61 Å². The van der Waals surface area contributed by atoms with Gasteiger partial charge in [-0.3, -0.25) is 0 Å². The zero-order valence-corrected chi connectivity index (χ0v) is 12.6. The van der Waals surface area contributed by atoms with Gasteiger partial charge in [-0.1, -0.05) is 32.9 Å². The Labute approximate surface area is 117 Å². The third kappa shape index (κ3) is 6.39. The molecule has 0 bridgehead atoms. The second-order valence-corrected chi connectivity index (χ2v) is 5.06. The molecule has 1 aromatic heterocycles. The van der Waals surface area contributed by atoms with E-state index >= 15 is 0 Å². The van der Waals surface area contributed by atoms with Crippen LogP contribution >= 0.6 is 0 Å². The molecule has 1 aromatic rings. The number of hydrogen-bond donors (Lipinski definition) is 1. The molecule has 3 nitrogen and oxygen atoms in total. The van der Waals surface area contributed by atoms with Crippen molar-refractivity contribution in [2.45, 2.75) is 40.7 Å². The Kier molecular flexibility index (Phi) is 7.19. The van der Waals surface area contributed by atoms with Gasteiger partial charge in [-0.15, -0.1) is 0 Å². The van der Waals surface area contributed by atoms with Crippen molar-refractivity contribution >= 4 is 0 Å². The summed E-state index contributed by atoms with van der Waals surface area (Å²) in [6.07, 6.45) is 4.89. The van der Waals surface area contributed by atoms with Gasteiger partial charge >= 0.3 is 0 Å². The Bertz CT molecular complexity index is 400. The number of hydrogen-bond acceptors (Lipinski definition) is 3. The highest BCUT2D eigenvalue weighted by molar-refractivity contribution is 5.25. The van der Waals surface area contributed by atoms with Gasteiger partial charge in [0.05, 0.1) is 0 Å². The van der Waals surface area contributed by atoms with Crippen LogP contribution in [0.5, 0.6) is 5.88 Å². The largest absolute Gasteiger partial charge is 0.473 e. The van der Waals surface area contributed by atoms with Crippen LogP contribution < -0.4 is 10.1 Å². The van der Waals surface area contributed by atoms with Gasteiger partial charge in [0.2, 0.25) is 5.88 Å². The lowest BCUT2D eigenvalue weighted by Gasteiger charge is -2.10. The van der Waals surface area contributed by atoms with Crippen molar-refractivity contribution in [2.24, 2.45) is 5.92 Å². The van der Waals surface area contributed by atoms with Crippen LogP contribution in [0.25, 0.3) is 0 Å². The van der Waals surface area contributed by atoms with E-state index in [1.165, 1.54) is 5.56 Å². The predicted molar refractivity (Wildman–Crippen MR) is 80.5 cm³/mol. The molecule has 0 saturated heterocycles. The normalized spacial score (nSPS) is 11.4. The van der Waals surface area contributed by atoms with Crippen LogP contribution in [0, 0.1) is 5.92 Å². The maximum absolute atomic E-state index is 5.63. The number of rotatable bonds is 8. The fourth-order valence-electron chi connectivity index (χ4n) is 1.71. The number of pyridine rings is 1. The van der Waals surface area contributed by atoms with Crippen LogP contribution in [0.2, 0.25) is 0 Å². The van der Waals surface area contributed by atoms with Crippen molar-refractivity contribution in [1.29, 1.82) is 0 Å². The van der Waals surface area contributed by atoms with Crippen molar-refractivity contribution in [3.05, 3.63) is 35.5 Å². The number of aryl methyl sites for hydroxylation is 1. The fourth-order valence-corrected chi connectivity index (χ4v) is 1.71. The summed E-state index contributed by atoms with van der Waals surface area (Å²) < 4.78 is 5.63. The molecule has 0 fully saturated rings. The monoisotopic (exact) mass is 262 g/mol. The zero-order valence-electron chi connectivity index (χ0n) is 12.6. The summed E-state index contributed by atoms with van der Waals surface area (Å²) in [5, 5.41) is 3.45. The van der Waals surface area contributed by atoms with Crippen LogP contribution in [0.4, 0.5) is 0 Å². The molecule has 0 aliphatic carbocycles. The molecule has 0 atom stereocenters. The highest BCUT2D eigenvalue weighted by Gasteiger charge is 2.03. The molecule has 19 heavy (non-hydrogen) atoms. The van der Waals surface area contributed by atoms with Crippen LogP contribution in [0.15, 0.2) is 24.3 Å². The predicted octanol–water partition coefficient (Wildman–Crippen LogP) is 3.34. The lowest BCUT2D eigenvalue weighted by molar-refractivity contribution is 0.346. The molecule has 0 spiro atoms. The Morgan fingerprint density at radius 2 is 2.16 bits per heavy atom. The maximum atomic E-state index is 5.63. The minimum atomic E-state index is 0.579. The Hall–Kier alpha value is -1.35. The van der Waals surface area contributed by atoms with Gasteiger partial charge in [-0.05, 0) is 37.4 Å². The van der Waals surface area contributed by atoms with E-state index in [2.05, 4.69) is 37.1 Å². The molecule has 1 N–H and O–H groups in total. The van der Waals surface area contributed by atoms with Crippen LogP contribution in [-0.4, -0.2) is 18.1 Å². The van der Waals surface area contributed by atoms with Crippen molar-refractivity contribution in [2.75, 3.05) is 13.2 Å². The first-order valence-corrected chi connectivity index (χ1v) is 7.10. The molecule has 1 heterocycles. The Morgan fingerprint density at radius 1 is 1.37 bits per heavy atom. The van der Waals surface area contributed by atoms with Crippen molar-refractivity contribution in [1.82, 2.24) is 10.3 Å². The van der Waals surface area contributed by atoms with Crippen LogP contribution in [-0.2, 0) is 13.0 Å². The van der Waals surface area contributed by atoms with E-state index < -0.39 is 0 Å². The second kappa shape index (κ2) is 8.70. The average molecular weight is 262 g/mol. The summed E-state index contributed by atoms with van der Waals surface area (Å²) >= 11 is 0. The van der Waals surface area contributed by atoms with Gasteiger partial charge in [0.25, 0.3) is 0 Å². The number of ether oxygens (including phenoxy) is 1. The van der Waals surface area contributed by atoms with Gasteiger partial charge in [-0.2, -0.15) is 0 Å². The second-order valence-electron chi connectivity index (χ2n) is 5.06. The number of nitrogens with one attached hydrogen (secondary N) is 1. The SMILES string of the molecule is C/C=C/COc1cc(CNCC(C)C)cc(CC)n1. The van der Waals surface area contributed by atoms with E-state index in [0.29, 0.717) is 12.5 Å². The number of nitrogens with zero attached hydrogens (tertiary/aromatic N) is 1. The smallest absolute Gasteiger partial charge is 0.214 e. The third-order valence-electron chi connectivity index (χ3n) is 2.72. The minimum Gasteiger partial charge on any atom is -0.473 e. The van der Waals surface area contributed by atoms with Gasteiger partial charge in [0.15, 0.2) is 0 Å². The highest BCUT2D eigenvalue weighted by atomic mass is 16.5. The standard InChI is InChI=1S/C16H26N2O/c1-5-7-8-19-16-10-14(9-15(6-2)18-16)12-17-11-13(3)4/h5,7,9-10,13,17H,6,8,11-12H2,1-4H3/b7-5+. The maximum Gasteiger partial charge on any atom is 0.214 e. The van der Waals surface area contributed by atoms with E-state index in [-0.39, 0.29) is 0 Å². The van der Waals surface area contributed by atoms with E-state index in [1.807, 2.05) is 25.1 Å². The van der Waals surface area contributed by atoms with E-state index in [9.17, 15) is 0 Å². The molecule has 0 aliphatic rings.